The molecule has 9 aromatic carbocycles. The minimum atomic E-state index is -0.117. The minimum absolute atomic E-state index is 0.104. The van der Waals surface area contributed by atoms with Gasteiger partial charge in [-0.05, 0) is 174 Å². The van der Waals surface area contributed by atoms with E-state index >= 15 is 0 Å². The van der Waals surface area contributed by atoms with Gasteiger partial charge in [0.05, 0.1) is 11.0 Å². The zero-order valence-electron chi connectivity index (χ0n) is 45.2. The maximum absolute atomic E-state index is 2.50. The smallest absolute Gasteiger partial charge is 0.0541 e. The third-order valence-electron chi connectivity index (χ3n) is 17.1. The zero-order chi connectivity index (χ0) is 52.1. The molecule has 3 aliphatic carbocycles. The summed E-state index contributed by atoms with van der Waals surface area (Å²) in [7, 11) is 0. The number of nitrogens with zero attached hydrogens (tertiary/aromatic N) is 2. The van der Waals surface area contributed by atoms with Gasteiger partial charge in [-0.15, -0.1) is 0 Å². The molecule has 0 N–H and O–H groups in total. The number of rotatable bonds is 9. The van der Waals surface area contributed by atoms with Crippen molar-refractivity contribution >= 4 is 38.8 Å². The number of anilines is 2. The predicted molar refractivity (Wildman–Crippen MR) is 324 cm³/mol. The Kier molecular flexibility index (Phi) is 11.2. The predicted octanol–water partition coefficient (Wildman–Crippen LogP) is 20.3. The highest BCUT2D eigenvalue weighted by atomic mass is 15.1. The summed E-state index contributed by atoms with van der Waals surface area (Å²) >= 11 is 0. The Morgan fingerprint density at radius 1 is 0.461 bits per heavy atom. The molecule has 0 saturated heterocycles. The minimum Gasteiger partial charge on any atom is -0.311 e. The molecule has 1 unspecified atom stereocenters. The van der Waals surface area contributed by atoms with Gasteiger partial charge in [0.1, 0.15) is 0 Å². The van der Waals surface area contributed by atoms with Crippen LogP contribution in [0.2, 0.25) is 0 Å². The molecule has 372 valence electrons. The largest absolute Gasteiger partial charge is 0.311 e. The zero-order valence-corrected chi connectivity index (χ0v) is 45.2. The summed E-state index contributed by atoms with van der Waals surface area (Å²) in [5.41, 5.74) is 26.7. The quantitative estimate of drug-likeness (QED) is 0.140. The molecule has 1 atom stereocenters. The van der Waals surface area contributed by atoms with Crippen LogP contribution in [0.15, 0.2) is 230 Å². The van der Waals surface area contributed by atoms with Crippen molar-refractivity contribution in [3.63, 3.8) is 0 Å². The Morgan fingerprint density at radius 3 is 1.58 bits per heavy atom. The van der Waals surface area contributed by atoms with Crippen molar-refractivity contribution in [1.29, 1.82) is 0 Å². The molecule has 3 aliphatic rings. The molecule has 76 heavy (non-hydrogen) atoms. The summed E-state index contributed by atoms with van der Waals surface area (Å²) in [6.07, 6.45) is 11.3. The molecule has 1 aromatic heterocycles. The number of aromatic nitrogens is 1. The topological polar surface area (TPSA) is 8.17 Å². The van der Waals surface area contributed by atoms with Gasteiger partial charge >= 0.3 is 0 Å². The summed E-state index contributed by atoms with van der Waals surface area (Å²) in [6.45, 7) is 18.9. The Labute approximate surface area is 450 Å². The van der Waals surface area contributed by atoms with Gasteiger partial charge in [0.15, 0.2) is 0 Å². The summed E-state index contributed by atoms with van der Waals surface area (Å²) in [5, 5.41) is 2.50. The van der Waals surface area contributed by atoms with Crippen LogP contribution in [0.1, 0.15) is 108 Å². The van der Waals surface area contributed by atoms with Gasteiger partial charge in [0, 0.05) is 44.4 Å². The molecule has 2 nitrogen and oxygen atoms in total. The van der Waals surface area contributed by atoms with Gasteiger partial charge < -0.3 is 9.47 Å². The van der Waals surface area contributed by atoms with E-state index in [1.807, 2.05) is 0 Å². The maximum Gasteiger partial charge on any atom is 0.0541 e. The summed E-state index contributed by atoms with van der Waals surface area (Å²) in [4.78, 5) is 2.45. The Morgan fingerprint density at radius 2 is 0.974 bits per heavy atom. The fourth-order valence-electron chi connectivity index (χ4n) is 13.2. The van der Waals surface area contributed by atoms with Crippen LogP contribution in [0.4, 0.5) is 11.4 Å². The van der Waals surface area contributed by atoms with Crippen LogP contribution in [0, 0.1) is 5.41 Å². The molecule has 0 aliphatic heterocycles. The lowest BCUT2D eigenvalue weighted by Gasteiger charge is -2.29. The molecule has 0 amide bonds. The molecule has 0 radical (unpaired) electrons. The van der Waals surface area contributed by atoms with E-state index in [2.05, 4.69) is 289 Å². The summed E-state index contributed by atoms with van der Waals surface area (Å²) in [6, 6.07) is 75.7. The van der Waals surface area contributed by atoms with Crippen molar-refractivity contribution in [3.8, 4) is 50.2 Å². The highest BCUT2D eigenvalue weighted by Crippen LogP contribution is 2.52. The Bertz CT molecular complexity index is 4010. The number of benzene rings is 9. The fraction of sp³-hybridized carbons (Fsp3) is 0.189. The van der Waals surface area contributed by atoms with Crippen LogP contribution in [-0.2, 0) is 10.8 Å². The summed E-state index contributed by atoms with van der Waals surface area (Å²) < 4.78 is 2.50. The number of allylic oxidation sites excluding steroid dienone is 5. The molecule has 0 bridgehead atoms. The van der Waals surface area contributed by atoms with E-state index in [1.54, 1.807) is 0 Å². The normalized spacial score (nSPS) is 15.4. The van der Waals surface area contributed by atoms with Crippen molar-refractivity contribution in [2.75, 3.05) is 4.90 Å². The van der Waals surface area contributed by atoms with E-state index in [4.69, 9.17) is 0 Å². The van der Waals surface area contributed by atoms with Crippen molar-refractivity contribution < 1.29 is 0 Å². The first kappa shape index (κ1) is 47.5. The maximum atomic E-state index is 2.50. The van der Waals surface area contributed by atoms with E-state index in [0.717, 1.165) is 29.9 Å². The molecule has 1 heterocycles. The van der Waals surface area contributed by atoms with Gasteiger partial charge in [-0.1, -0.05) is 213 Å². The van der Waals surface area contributed by atoms with E-state index in [0.29, 0.717) is 5.92 Å². The third-order valence-corrected chi connectivity index (χ3v) is 17.1. The molecule has 13 rings (SSSR count). The highest BCUT2D eigenvalue weighted by molar-refractivity contribution is 6.12. The number of hydrogen-bond donors (Lipinski definition) is 0. The van der Waals surface area contributed by atoms with Gasteiger partial charge in [-0.25, -0.2) is 0 Å². The van der Waals surface area contributed by atoms with Crippen molar-refractivity contribution in [2.45, 2.75) is 85.0 Å². The van der Waals surface area contributed by atoms with Gasteiger partial charge in [-0.3, -0.25) is 0 Å². The monoisotopic (exact) mass is 983 g/mol. The number of fused-ring (bicyclic) bond motifs is 9. The third kappa shape index (κ3) is 8.00. The second-order valence-corrected chi connectivity index (χ2v) is 24.0. The number of hydrogen-bond acceptors (Lipinski definition) is 1. The van der Waals surface area contributed by atoms with E-state index in [-0.39, 0.29) is 16.2 Å². The second-order valence-electron chi connectivity index (χ2n) is 24.0. The van der Waals surface area contributed by atoms with E-state index in [1.165, 1.54) is 111 Å². The molecule has 0 spiro atoms. The van der Waals surface area contributed by atoms with Crippen molar-refractivity contribution in [1.82, 2.24) is 4.57 Å². The van der Waals surface area contributed by atoms with Gasteiger partial charge in [0.25, 0.3) is 0 Å². The fourth-order valence-corrected chi connectivity index (χ4v) is 13.2. The molecular formula is C74H66N2. The average molecular weight is 983 g/mol. The Balaban J connectivity index is 0.913. The van der Waals surface area contributed by atoms with Gasteiger partial charge in [0.2, 0.25) is 0 Å². The van der Waals surface area contributed by atoms with E-state index < -0.39 is 0 Å². The SMILES string of the molecule is CC(CC(C)(C)C)c1ccc(-c2ccc3c(c2)c2cc(-c4ccc(N(C5=CCC=C(c6ccccc6)C=C5)c5ccc6c(c5)C(C)(C)c5ccccc5-6)cc4)ccc2n3-c2ccc3c(c2)C(C)(C)c2ccccc2-3)cc1. The lowest BCUT2D eigenvalue weighted by atomic mass is 9.82. The summed E-state index contributed by atoms with van der Waals surface area (Å²) in [5.74, 6) is 0.496. The van der Waals surface area contributed by atoms with E-state index in [9.17, 15) is 0 Å². The molecule has 10 aromatic rings. The lowest BCUT2D eigenvalue weighted by molar-refractivity contribution is 0.349. The molecule has 2 heteroatoms. The van der Waals surface area contributed by atoms with Crippen molar-refractivity contribution in [2.24, 2.45) is 5.41 Å². The lowest BCUT2D eigenvalue weighted by Crippen LogP contribution is -2.18. The van der Waals surface area contributed by atoms with Crippen LogP contribution in [0.3, 0.4) is 0 Å². The first-order chi connectivity index (χ1) is 36.7. The first-order valence-corrected chi connectivity index (χ1v) is 27.4. The highest BCUT2D eigenvalue weighted by Gasteiger charge is 2.37. The first-order valence-electron chi connectivity index (χ1n) is 27.4. The molecule has 0 fully saturated rings. The molecular weight excluding hydrogens is 917 g/mol. The van der Waals surface area contributed by atoms with Crippen LogP contribution in [0.25, 0.3) is 77.6 Å². The Hall–Kier alpha value is -8.20. The standard InChI is InChI=1S/C74H66N2/c1-48(47-72(2,3)4)49-25-27-52(28-26-49)54-32-41-70-64(43-54)65-44-55(33-42-71(65)76(70)59-38-40-63-61-22-13-15-24-67(61)74(7,8)69(63)46-59)53-30-35-57(36-31-53)75(56-20-16-19-51(29-34-56)50-17-10-9-11-18-50)58-37-39-62-60-21-12-14-23-66(60)73(5,6)68(62)45-58/h9-15,17-46,48H,16,47H2,1-8H3. The molecule has 0 saturated carbocycles. The van der Waals surface area contributed by atoms with Crippen LogP contribution >= 0.6 is 0 Å². The second kappa shape index (κ2) is 18.0. The van der Waals surface area contributed by atoms with Crippen LogP contribution in [-0.4, -0.2) is 4.57 Å². The van der Waals surface area contributed by atoms with Crippen molar-refractivity contribution in [3.05, 3.63) is 264 Å². The average Bonchev–Trinajstić information content (AvgIpc) is 3.98. The van der Waals surface area contributed by atoms with Crippen LogP contribution in [0.5, 0.6) is 0 Å². The van der Waals surface area contributed by atoms with Gasteiger partial charge in [-0.2, -0.15) is 0 Å². The van der Waals surface area contributed by atoms with Crippen LogP contribution < -0.4 is 4.90 Å².